The normalized spacial score (nSPS) is 13.6. The van der Waals surface area contributed by atoms with Crippen LogP contribution in [-0.2, 0) is 17.8 Å². The van der Waals surface area contributed by atoms with Gasteiger partial charge in [-0.25, -0.2) is 4.98 Å². The Morgan fingerprint density at radius 1 is 1.13 bits per heavy atom. The minimum Gasteiger partial charge on any atom is -0.444 e. The van der Waals surface area contributed by atoms with Crippen molar-refractivity contribution in [3.8, 4) is 11.5 Å². The molecule has 0 atom stereocenters. The van der Waals surface area contributed by atoms with Crippen LogP contribution >= 0.6 is 0 Å². The standard InChI is InChI=1S/C23H25N5O2/c1-24-23(25-14-19-16-30-22(27-19)18-9-3-2-4-10-18)26-15-21(29)28-13-7-11-17-8-5-6-12-20(17)28/h2-6,8-10,12,16H,7,11,13-15H2,1H3,(H2,24,25,26). The predicted molar refractivity (Wildman–Crippen MR) is 117 cm³/mol. The minimum absolute atomic E-state index is 0.0258. The lowest BCUT2D eigenvalue weighted by atomic mass is 10.0. The Balaban J connectivity index is 1.31. The molecule has 2 heterocycles. The number of nitrogens with zero attached hydrogens (tertiary/aromatic N) is 3. The molecule has 3 aromatic rings. The topological polar surface area (TPSA) is 82.8 Å². The maximum Gasteiger partial charge on any atom is 0.246 e. The Morgan fingerprint density at radius 2 is 1.93 bits per heavy atom. The number of carbonyl (C=O) groups is 1. The summed E-state index contributed by atoms with van der Waals surface area (Å²) in [6, 6.07) is 17.8. The van der Waals surface area contributed by atoms with Crippen LogP contribution in [0, 0.1) is 0 Å². The quantitative estimate of drug-likeness (QED) is 0.506. The number of guanidine groups is 1. The summed E-state index contributed by atoms with van der Waals surface area (Å²) in [5, 5.41) is 6.27. The average molecular weight is 403 g/mol. The van der Waals surface area contributed by atoms with E-state index in [1.807, 2.05) is 53.4 Å². The fraction of sp³-hybridized carbons (Fsp3) is 0.261. The number of hydrogen-bond acceptors (Lipinski definition) is 4. The van der Waals surface area contributed by atoms with Gasteiger partial charge in [-0.1, -0.05) is 36.4 Å². The molecule has 30 heavy (non-hydrogen) atoms. The summed E-state index contributed by atoms with van der Waals surface area (Å²) >= 11 is 0. The van der Waals surface area contributed by atoms with Gasteiger partial charge in [-0.3, -0.25) is 9.79 Å². The van der Waals surface area contributed by atoms with Gasteiger partial charge in [0, 0.05) is 24.8 Å². The molecule has 0 saturated heterocycles. The lowest BCUT2D eigenvalue weighted by Gasteiger charge is -2.29. The lowest BCUT2D eigenvalue weighted by Crippen LogP contribution is -2.45. The van der Waals surface area contributed by atoms with Gasteiger partial charge in [-0.15, -0.1) is 0 Å². The molecule has 0 fully saturated rings. The Labute approximate surface area is 175 Å². The van der Waals surface area contributed by atoms with Gasteiger partial charge in [-0.05, 0) is 36.6 Å². The molecule has 0 radical (unpaired) electrons. The third-order valence-corrected chi connectivity index (χ3v) is 5.05. The number of rotatable bonds is 5. The summed E-state index contributed by atoms with van der Waals surface area (Å²) in [6.07, 6.45) is 3.61. The Morgan fingerprint density at radius 3 is 2.77 bits per heavy atom. The zero-order valence-corrected chi connectivity index (χ0v) is 17.0. The first-order valence-corrected chi connectivity index (χ1v) is 10.1. The highest BCUT2D eigenvalue weighted by Crippen LogP contribution is 2.26. The number of aryl methyl sites for hydroxylation is 1. The maximum atomic E-state index is 12.8. The summed E-state index contributed by atoms with van der Waals surface area (Å²) in [5.74, 6) is 1.14. The van der Waals surface area contributed by atoms with Crippen molar-refractivity contribution in [2.45, 2.75) is 19.4 Å². The SMILES string of the molecule is CN=C(NCC(=O)N1CCCc2ccccc21)NCc1coc(-c2ccccc2)n1. The van der Waals surface area contributed by atoms with Gasteiger partial charge in [0.15, 0.2) is 5.96 Å². The number of aromatic nitrogens is 1. The third kappa shape index (κ3) is 4.51. The van der Waals surface area contributed by atoms with Gasteiger partial charge in [0.1, 0.15) is 6.26 Å². The van der Waals surface area contributed by atoms with Crippen LogP contribution < -0.4 is 15.5 Å². The van der Waals surface area contributed by atoms with Crippen LogP contribution in [0.5, 0.6) is 0 Å². The molecule has 1 aromatic heterocycles. The molecule has 0 aliphatic carbocycles. The van der Waals surface area contributed by atoms with Crippen molar-refractivity contribution in [3.05, 3.63) is 72.1 Å². The second kappa shape index (κ2) is 9.26. The number of oxazole rings is 1. The van der Waals surface area contributed by atoms with E-state index in [1.54, 1.807) is 13.3 Å². The first-order chi connectivity index (χ1) is 14.7. The molecule has 0 unspecified atom stereocenters. The van der Waals surface area contributed by atoms with E-state index in [2.05, 4.69) is 26.7 Å². The molecule has 0 spiro atoms. The minimum atomic E-state index is 0.0258. The molecule has 1 amide bonds. The van der Waals surface area contributed by atoms with Gasteiger partial charge in [-0.2, -0.15) is 0 Å². The maximum absolute atomic E-state index is 12.8. The van der Waals surface area contributed by atoms with Crippen LogP contribution in [0.25, 0.3) is 11.5 Å². The number of anilines is 1. The zero-order chi connectivity index (χ0) is 20.8. The number of nitrogens with one attached hydrogen (secondary N) is 2. The largest absolute Gasteiger partial charge is 0.444 e. The van der Waals surface area contributed by atoms with E-state index in [4.69, 9.17) is 4.42 Å². The van der Waals surface area contributed by atoms with Gasteiger partial charge in [0.05, 0.1) is 18.8 Å². The van der Waals surface area contributed by atoms with Crippen molar-refractivity contribution in [1.82, 2.24) is 15.6 Å². The second-order valence-corrected chi connectivity index (χ2v) is 7.07. The summed E-state index contributed by atoms with van der Waals surface area (Å²) in [4.78, 5) is 23.3. The Bertz CT molecular complexity index is 1030. The predicted octanol–water partition coefficient (Wildman–Crippen LogP) is 2.99. The molecular weight excluding hydrogens is 378 g/mol. The molecule has 1 aliphatic heterocycles. The van der Waals surface area contributed by atoms with Crippen molar-refractivity contribution < 1.29 is 9.21 Å². The van der Waals surface area contributed by atoms with Gasteiger partial charge >= 0.3 is 0 Å². The Kier molecular flexibility index (Phi) is 6.08. The number of benzene rings is 2. The fourth-order valence-corrected chi connectivity index (χ4v) is 3.54. The van der Waals surface area contributed by atoms with E-state index in [9.17, 15) is 4.79 Å². The monoisotopic (exact) mass is 403 g/mol. The summed E-state index contributed by atoms with van der Waals surface area (Å²) in [6.45, 7) is 1.35. The molecule has 7 nitrogen and oxygen atoms in total. The van der Waals surface area contributed by atoms with Crippen LogP contribution in [0.2, 0.25) is 0 Å². The highest BCUT2D eigenvalue weighted by molar-refractivity contribution is 5.98. The first kappa shape index (κ1) is 19.7. The third-order valence-electron chi connectivity index (χ3n) is 5.05. The number of hydrogen-bond donors (Lipinski definition) is 2. The van der Waals surface area contributed by atoms with E-state index in [1.165, 1.54) is 5.56 Å². The van der Waals surface area contributed by atoms with E-state index in [0.29, 0.717) is 18.4 Å². The van der Waals surface area contributed by atoms with Crippen molar-refractivity contribution in [1.29, 1.82) is 0 Å². The van der Waals surface area contributed by atoms with E-state index in [0.717, 1.165) is 36.3 Å². The van der Waals surface area contributed by atoms with Gasteiger partial charge in [0.2, 0.25) is 11.8 Å². The van der Waals surface area contributed by atoms with E-state index in [-0.39, 0.29) is 12.5 Å². The van der Waals surface area contributed by atoms with Crippen molar-refractivity contribution >= 4 is 17.6 Å². The molecule has 2 aromatic carbocycles. The van der Waals surface area contributed by atoms with Gasteiger partial charge in [0.25, 0.3) is 0 Å². The van der Waals surface area contributed by atoms with Crippen molar-refractivity contribution in [2.75, 3.05) is 25.0 Å². The fourth-order valence-electron chi connectivity index (χ4n) is 3.54. The molecule has 0 bridgehead atoms. The molecule has 1 aliphatic rings. The molecule has 0 saturated carbocycles. The van der Waals surface area contributed by atoms with Crippen LogP contribution in [-0.4, -0.2) is 37.0 Å². The molecule has 2 N–H and O–H groups in total. The van der Waals surface area contributed by atoms with Crippen molar-refractivity contribution in [2.24, 2.45) is 4.99 Å². The molecule has 154 valence electrons. The highest BCUT2D eigenvalue weighted by atomic mass is 16.3. The van der Waals surface area contributed by atoms with E-state index < -0.39 is 0 Å². The lowest BCUT2D eigenvalue weighted by molar-refractivity contribution is -0.117. The van der Waals surface area contributed by atoms with Crippen LogP contribution in [0.4, 0.5) is 5.69 Å². The van der Waals surface area contributed by atoms with Gasteiger partial charge < -0.3 is 20.0 Å². The molecular formula is C23H25N5O2. The first-order valence-electron chi connectivity index (χ1n) is 10.1. The second-order valence-electron chi connectivity index (χ2n) is 7.07. The van der Waals surface area contributed by atoms with Crippen LogP contribution in [0.1, 0.15) is 17.7 Å². The number of fused-ring (bicyclic) bond motifs is 1. The number of aliphatic imine (C=N–C) groups is 1. The zero-order valence-electron chi connectivity index (χ0n) is 17.0. The smallest absolute Gasteiger partial charge is 0.246 e. The number of para-hydroxylation sites is 1. The average Bonchev–Trinajstić information content (AvgIpc) is 3.28. The summed E-state index contributed by atoms with van der Waals surface area (Å²) in [5.41, 5.74) is 3.92. The van der Waals surface area contributed by atoms with E-state index >= 15 is 0 Å². The summed E-state index contributed by atoms with van der Waals surface area (Å²) < 4.78 is 5.56. The summed E-state index contributed by atoms with van der Waals surface area (Å²) in [7, 11) is 1.67. The molecule has 4 rings (SSSR count). The Hall–Kier alpha value is -3.61. The highest BCUT2D eigenvalue weighted by Gasteiger charge is 2.22. The van der Waals surface area contributed by atoms with Crippen molar-refractivity contribution in [3.63, 3.8) is 0 Å². The van der Waals surface area contributed by atoms with Crippen LogP contribution in [0.15, 0.2) is 70.3 Å². The molecule has 7 heteroatoms. The van der Waals surface area contributed by atoms with Crippen LogP contribution in [0.3, 0.4) is 0 Å². The number of carbonyl (C=O) groups excluding carboxylic acids is 1. The number of amides is 1.